The van der Waals surface area contributed by atoms with E-state index >= 15 is 0 Å². The number of ether oxygens (including phenoxy) is 1. The zero-order valence-electron chi connectivity index (χ0n) is 8.44. The van der Waals surface area contributed by atoms with Crippen LogP contribution in [0.3, 0.4) is 0 Å². The Kier molecular flexibility index (Phi) is 3.06. The van der Waals surface area contributed by atoms with Gasteiger partial charge in [-0.25, -0.2) is 4.79 Å². The number of hydrogen-bond donors (Lipinski definition) is 0. The van der Waals surface area contributed by atoms with Gasteiger partial charge in [-0.15, -0.1) is 0 Å². The lowest BCUT2D eigenvalue weighted by Gasteiger charge is -2.03. The number of carbonyl (C=O) groups excluding carboxylic acids is 1. The molecule has 0 saturated carbocycles. The minimum absolute atomic E-state index is 0.448. The van der Waals surface area contributed by atoms with Crippen LogP contribution in [0.2, 0.25) is 0 Å². The van der Waals surface area contributed by atoms with Gasteiger partial charge in [0.2, 0.25) is 0 Å². The molecule has 0 heterocycles. The molecule has 0 aliphatic carbocycles. The first kappa shape index (κ1) is 10.9. The van der Waals surface area contributed by atoms with Crippen molar-refractivity contribution in [3.8, 4) is 5.75 Å². The van der Waals surface area contributed by atoms with E-state index in [0.717, 1.165) is 21.3 Å². The van der Waals surface area contributed by atoms with Gasteiger partial charge in [-0.3, -0.25) is 0 Å². The topological polar surface area (TPSA) is 26.3 Å². The summed E-state index contributed by atoms with van der Waals surface area (Å²) in [6.45, 7) is 3.35. The Hall–Kier alpha value is -1.61. The first-order valence-corrected chi connectivity index (χ1v) is 5.52. The summed E-state index contributed by atoms with van der Waals surface area (Å²) in [6.07, 6.45) is 1.14. The minimum atomic E-state index is -0.448. The molecule has 0 radical (unpaired) electrons. The molecule has 0 amide bonds. The molecule has 0 fully saturated rings. The van der Waals surface area contributed by atoms with Crippen molar-refractivity contribution < 1.29 is 9.53 Å². The van der Waals surface area contributed by atoms with Gasteiger partial charge in [-0.1, -0.05) is 34.6 Å². The van der Waals surface area contributed by atoms with Gasteiger partial charge < -0.3 is 4.74 Å². The average Bonchev–Trinajstić information content (AvgIpc) is 2.29. The standard InChI is InChI=1S/C13H9BrO2/c1-2-13(15)16-12-6-4-9-7-11(14)5-3-10(9)8-12/h2-8H,1H2. The van der Waals surface area contributed by atoms with Crippen LogP contribution >= 0.6 is 15.9 Å². The number of halogens is 1. The highest BCUT2D eigenvalue weighted by atomic mass is 79.9. The Bertz CT molecular complexity index is 561. The third-order valence-electron chi connectivity index (χ3n) is 2.16. The molecule has 0 aliphatic rings. The molecule has 0 bridgehead atoms. The van der Waals surface area contributed by atoms with Crippen LogP contribution in [0.5, 0.6) is 5.75 Å². The van der Waals surface area contributed by atoms with Crippen molar-refractivity contribution in [2.45, 2.75) is 0 Å². The minimum Gasteiger partial charge on any atom is -0.423 e. The molecule has 0 atom stereocenters. The molecular weight excluding hydrogens is 268 g/mol. The lowest BCUT2D eigenvalue weighted by Crippen LogP contribution is -2.02. The van der Waals surface area contributed by atoms with Crippen LogP contribution in [0.4, 0.5) is 0 Å². The SMILES string of the molecule is C=CC(=O)Oc1ccc2cc(Br)ccc2c1. The van der Waals surface area contributed by atoms with Gasteiger partial charge in [0.25, 0.3) is 0 Å². The van der Waals surface area contributed by atoms with E-state index in [1.807, 2.05) is 30.3 Å². The maximum Gasteiger partial charge on any atom is 0.335 e. The molecule has 2 nitrogen and oxygen atoms in total. The predicted molar refractivity (Wildman–Crippen MR) is 67.5 cm³/mol. The Balaban J connectivity index is 2.40. The second kappa shape index (κ2) is 4.49. The van der Waals surface area contributed by atoms with Crippen molar-refractivity contribution in [3.63, 3.8) is 0 Å². The van der Waals surface area contributed by atoms with Gasteiger partial charge in [0.1, 0.15) is 5.75 Å². The van der Waals surface area contributed by atoms with Crippen LogP contribution in [0, 0.1) is 0 Å². The van der Waals surface area contributed by atoms with Gasteiger partial charge >= 0.3 is 5.97 Å². The summed E-state index contributed by atoms with van der Waals surface area (Å²) in [7, 11) is 0. The molecule has 16 heavy (non-hydrogen) atoms. The largest absolute Gasteiger partial charge is 0.423 e. The summed E-state index contributed by atoms with van der Waals surface area (Å²) in [6, 6.07) is 11.4. The molecular formula is C13H9BrO2. The Labute approximate surface area is 102 Å². The molecule has 2 rings (SSSR count). The van der Waals surface area contributed by atoms with Gasteiger partial charge in [-0.2, -0.15) is 0 Å². The van der Waals surface area contributed by atoms with E-state index in [4.69, 9.17) is 4.74 Å². The summed E-state index contributed by atoms with van der Waals surface area (Å²) < 4.78 is 6.06. The molecule has 2 aromatic rings. The van der Waals surface area contributed by atoms with Crippen LogP contribution in [0.15, 0.2) is 53.5 Å². The predicted octanol–water partition coefficient (Wildman–Crippen LogP) is 3.69. The van der Waals surface area contributed by atoms with E-state index in [9.17, 15) is 4.79 Å². The van der Waals surface area contributed by atoms with Crippen LogP contribution < -0.4 is 4.74 Å². The van der Waals surface area contributed by atoms with Crippen molar-refractivity contribution in [2.75, 3.05) is 0 Å². The third kappa shape index (κ3) is 2.31. The first-order valence-electron chi connectivity index (χ1n) is 4.72. The van der Waals surface area contributed by atoms with Gasteiger partial charge in [0.15, 0.2) is 0 Å². The van der Waals surface area contributed by atoms with E-state index < -0.39 is 5.97 Å². The zero-order valence-corrected chi connectivity index (χ0v) is 10.0. The van der Waals surface area contributed by atoms with Crippen LogP contribution in [0.1, 0.15) is 0 Å². The van der Waals surface area contributed by atoms with Gasteiger partial charge in [0.05, 0.1) is 0 Å². The number of benzene rings is 2. The monoisotopic (exact) mass is 276 g/mol. The van der Waals surface area contributed by atoms with Crippen molar-refractivity contribution in [1.29, 1.82) is 0 Å². The Morgan fingerprint density at radius 1 is 1.19 bits per heavy atom. The highest BCUT2D eigenvalue weighted by Gasteiger charge is 2.01. The lowest BCUT2D eigenvalue weighted by molar-refractivity contribution is -0.128. The number of hydrogen-bond acceptors (Lipinski definition) is 2. The van der Waals surface area contributed by atoms with Crippen molar-refractivity contribution >= 4 is 32.7 Å². The van der Waals surface area contributed by atoms with Gasteiger partial charge in [-0.05, 0) is 35.0 Å². The van der Waals surface area contributed by atoms with Crippen LogP contribution in [-0.2, 0) is 4.79 Å². The van der Waals surface area contributed by atoms with E-state index in [0.29, 0.717) is 5.75 Å². The van der Waals surface area contributed by atoms with Crippen molar-refractivity contribution in [2.24, 2.45) is 0 Å². The quantitative estimate of drug-likeness (QED) is 0.475. The Morgan fingerprint density at radius 3 is 2.62 bits per heavy atom. The van der Waals surface area contributed by atoms with Crippen molar-refractivity contribution in [3.05, 3.63) is 53.5 Å². The molecule has 80 valence electrons. The fourth-order valence-electron chi connectivity index (χ4n) is 1.42. The van der Waals surface area contributed by atoms with Gasteiger partial charge in [0, 0.05) is 10.5 Å². The molecule has 0 aromatic heterocycles. The van der Waals surface area contributed by atoms with E-state index in [1.165, 1.54) is 0 Å². The van der Waals surface area contributed by atoms with E-state index in [1.54, 1.807) is 6.07 Å². The Morgan fingerprint density at radius 2 is 1.88 bits per heavy atom. The highest BCUT2D eigenvalue weighted by Crippen LogP contribution is 2.24. The fraction of sp³-hybridized carbons (Fsp3) is 0. The normalized spacial score (nSPS) is 10.1. The molecule has 3 heteroatoms. The molecule has 0 saturated heterocycles. The average molecular weight is 277 g/mol. The summed E-state index contributed by atoms with van der Waals surface area (Å²) in [5.74, 6) is 0.0798. The number of fused-ring (bicyclic) bond motifs is 1. The molecule has 0 spiro atoms. The van der Waals surface area contributed by atoms with E-state index in [2.05, 4.69) is 22.5 Å². The zero-order chi connectivity index (χ0) is 11.5. The maximum absolute atomic E-state index is 11.0. The smallest absolute Gasteiger partial charge is 0.335 e. The molecule has 0 unspecified atom stereocenters. The lowest BCUT2D eigenvalue weighted by atomic mass is 10.1. The summed E-state index contributed by atoms with van der Waals surface area (Å²) in [4.78, 5) is 11.0. The third-order valence-corrected chi connectivity index (χ3v) is 2.65. The molecule has 2 aromatic carbocycles. The summed E-state index contributed by atoms with van der Waals surface area (Å²) in [5, 5.41) is 2.12. The number of rotatable bonds is 2. The first-order chi connectivity index (χ1) is 7.69. The second-order valence-corrected chi connectivity index (χ2v) is 4.19. The number of esters is 1. The summed E-state index contributed by atoms with van der Waals surface area (Å²) in [5.41, 5.74) is 0. The van der Waals surface area contributed by atoms with Crippen LogP contribution in [-0.4, -0.2) is 5.97 Å². The molecule has 0 aliphatic heterocycles. The summed E-state index contributed by atoms with van der Waals surface area (Å²) >= 11 is 3.40. The number of carbonyl (C=O) groups is 1. The van der Waals surface area contributed by atoms with Crippen molar-refractivity contribution in [1.82, 2.24) is 0 Å². The van der Waals surface area contributed by atoms with Crippen LogP contribution in [0.25, 0.3) is 10.8 Å². The fourth-order valence-corrected chi connectivity index (χ4v) is 1.79. The molecule has 0 N–H and O–H groups in total. The highest BCUT2D eigenvalue weighted by molar-refractivity contribution is 9.10. The van der Waals surface area contributed by atoms with E-state index in [-0.39, 0.29) is 0 Å². The maximum atomic E-state index is 11.0. The second-order valence-electron chi connectivity index (χ2n) is 3.28.